The second kappa shape index (κ2) is 8.28. The number of hydrogen-bond donors (Lipinski definition) is 2. The lowest BCUT2D eigenvalue weighted by atomic mass is 9.88. The van der Waals surface area contributed by atoms with Crippen LogP contribution in [-0.2, 0) is 4.79 Å². The molecule has 2 aliphatic carbocycles. The lowest BCUT2D eigenvalue weighted by Crippen LogP contribution is -2.50. The molecule has 2 aromatic rings. The Balaban J connectivity index is 1.46. The van der Waals surface area contributed by atoms with Crippen LogP contribution in [0.1, 0.15) is 34.7 Å². The van der Waals surface area contributed by atoms with Crippen LogP contribution in [0.2, 0.25) is 10.0 Å². The van der Waals surface area contributed by atoms with Gasteiger partial charge in [0.2, 0.25) is 5.91 Å². The fourth-order valence-electron chi connectivity index (χ4n) is 3.80. The Bertz CT molecular complexity index is 1100. The number of rotatable bonds is 5. The van der Waals surface area contributed by atoms with E-state index in [1.165, 1.54) is 36.4 Å². The Hall–Kier alpha value is -1.67. The topological polar surface area (TPSA) is 58.2 Å². The summed E-state index contributed by atoms with van der Waals surface area (Å²) in [6.07, 6.45) is -0.872. The van der Waals surface area contributed by atoms with Crippen molar-refractivity contribution in [1.82, 2.24) is 5.32 Å². The van der Waals surface area contributed by atoms with Crippen molar-refractivity contribution in [2.45, 2.75) is 35.1 Å². The monoisotopic (exact) mass is 524 g/mol. The van der Waals surface area contributed by atoms with Gasteiger partial charge >= 0.3 is 0 Å². The van der Waals surface area contributed by atoms with Crippen LogP contribution in [0, 0.1) is 11.7 Å². The van der Waals surface area contributed by atoms with Crippen LogP contribution in [0.4, 0.5) is 18.9 Å². The van der Waals surface area contributed by atoms with E-state index in [4.69, 9.17) is 46.4 Å². The predicted octanol–water partition coefficient (Wildman–Crippen LogP) is 6.19. The third-order valence-corrected chi connectivity index (χ3v) is 7.12. The summed E-state index contributed by atoms with van der Waals surface area (Å²) in [5, 5.41) is 5.13. The van der Waals surface area contributed by atoms with Gasteiger partial charge in [0.15, 0.2) is 0 Å². The van der Waals surface area contributed by atoms with E-state index in [0.717, 1.165) is 0 Å². The van der Waals surface area contributed by atoms with Crippen LogP contribution in [0.15, 0.2) is 36.4 Å². The maximum Gasteiger partial charge on any atom is 0.253 e. The third kappa shape index (κ3) is 4.53. The molecule has 32 heavy (non-hydrogen) atoms. The van der Waals surface area contributed by atoms with Crippen molar-refractivity contribution < 1.29 is 22.8 Å². The molecule has 2 amide bonds. The molecule has 2 fully saturated rings. The number of benzene rings is 2. The van der Waals surface area contributed by atoms with E-state index in [2.05, 4.69) is 10.6 Å². The molecule has 2 aliphatic rings. The van der Waals surface area contributed by atoms with Gasteiger partial charge in [-0.1, -0.05) is 29.3 Å². The van der Waals surface area contributed by atoms with Gasteiger partial charge in [-0.15, -0.1) is 23.2 Å². The van der Waals surface area contributed by atoms with Gasteiger partial charge < -0.3 is 10.6 Å². The fourth-order valence-corrected chi connectivity index (χ4v) is 4.95. The zero-order valence-corrected chi connectivity index (χ0v) is 19.1. The molecular weight excluding hydrogens is 511 g/mol. The number of hydrogen-bond acceptors (Lipinski definition) is 2. The van der Waals surface area contributed by atoms with E-state index >= 15 is 0 Å². The van der Waals surface area contributed by atoms with Crippen molar-refractivity contribution in [3.63, 3.8) is 0 Å². The summed E-state index contributed by atoms with van der Waals surface area (Å²) in [5.41, 5.74) is 0.681. The van der Waals surface area contributed by atoms with Gasteiger partial charge in [0, 0.05) is 30.5 Å². The minimum Gasteiger partial charge on any atom is -0.349 e. The average molecular weight is 526 g/mol. The van der Waals surface area contributed by atoms with Crippen LogP contribution in [0.25, 0.3) is 0 Å². The van der Waals surface area contributed by atoms with Gasteiger partial charge in [-0.25, -0.2) is 13.2 Å². The van der Waals surface area contributed by atoms with E-state index < -0.39 is 58.6 Å². The highest BCUT2D eigenvalue weighted by Gasteiger charge is 2.67. The number of anilines is 1. The summed E-state index contributed by atoms with van der Waals surface area (Å²) in [5.74, 6) is -6.14. The molecule has 0 saturated heterocycles. The highest BCUT2D eigenvalue weighted by Crippen LogP contribution is 2.65. The summed E-state index contributed by atoms with van der Waals surface area (Å²) >= 11 is 24.3. The molecule has 0 aliphatic heterocycles. The molecule has 0 spiro atoms. The van der Waals surface area contributed by atoms with Crippen molar-refractivity contribution in [2.24, 2.45) is 5.92 Å². The van der Waals surface area contributed by atoms with E-state index in [1.54, 1.807) is 0 Å². The number of alkyl halides is 4. The Morgan fingerprint density at radius 1 is 1.00 bits per heavy atom. The number of carbonyl (C=O) groups is 2. The minimum atomic E-state index is -2.78. The maximum atomic E-state index is 13.8. The lowest BCUT2D eigenvalue weighted by Gasteiger charge is -2.35. The zero-order valence-electron chi connectivity index (χ0n) is 16.1. The molecule has 0 heterocycles. The molecule has 4 nitrogen and oxygen atoms in total. The van der Waals surface area contributed by atoms with E-state index in [0.29, 0.717) is 5.56 Å². The van der Waals surface area contributed by atoms with Crippen molar-refractivity contribution >= 4 is 63.9 Å². The number of amides is 2. The standard InChI is InChI=1S/C21H15Cl4F3N2O2/c22-13-4-2-10(6-12(13)18(31)30-11-7-20(27,28)8-11)29-19(32)17-16(21(17,24)25)9-1-3-14(23)15(26)5-9/h1-6,11,16-17H,7-8H2,(H,29,32)(H,30,31)/t16-,17+/m1/s1. The van der Waals surface area contributed by atoms with Gasteiger partial charge in [-0.3, -0.25) is 9.59 Å². The molecule has 2 saturated carbocycles. The SMILES string of the molecule is O=C(NC1CC(F)(F)C1)c1cc(NC(=O)[C@@H]2[C@@H](c3ccc(Cl)c(F)c3)C2(Cl)Cl)ccc1Cl. The highest BCUT2D eigenvalue weighted by molar-refractivity contribution is 6.53. The van der Waals surface area contributed by atoms with E-state index in [9.17, 15) is 22.8 Å². The normalized spacial score (nSPS) is 23.2. The van der Waals surface area contributed by atoms with Crippen LogP contribution in [-0.4, -0.2) is 28.1 Å². The summed E-state index contributed by atoms with van der Waals surface area (Å²) in [6.45, 7) is 0. The van der Waals surface area contributed by atoms with Crippen LogP contribution in [0.3, 0.4) is 0 Å². The molecule has 0 unspecified atom stereocenters. The first-order valence-electron chi connectivity index (χ1n) is 9.51. The molecular formula is C21H15Cl4F3N2O2. The quantitative estimate of drug-likeness (QED) is 0.457. The molecule has 2 atom stereocenters. The molecule has 2 N–H and O–H groups in total. The first kappa shape index (κ1) is 23.5. The van der Waals surface area contributed by atoms with Gasteiger partial charge in [-0.2, -0.15) is 0 Å². The fraction of sp³-hybridized carbons (Fsp3) is 0.333. The first-order chi connectivity index (χ1) is 14.9. The second-order valence-electron chi connectivity index (χ2n) is 7.92. The summed E-state index contributed by atoms with van der Waals surface area (Å²) in [6, 6.07) is 7.62. The Kier molecular flexibility index (Phi) is 6.07. The maximum absolute atomic E-state index is 13.8. The molecule has 11 heteroatoms. The van der Waals surface area contributed by atoms with Crippen molar-refractivity contribution in [3.05, 3.63) is 63.4 Å². The lowest BCUT2D eigenvalue weighted by molar-refractivity contribution is -0.117. The smallest absolute Gasteiger partial charge is 0.253 e. The summed E-state index contributed by atoms with van der Waals surface area (Å²) in [4.78, 5) is 25.2. The molecule has 0 aromatic heterocycles. The van der Waals surface area contributed by atoms with Crippen molar-refractivity contribution in [3.8, 4) is 0 Å². The summed E-state index contributed by atoms with van der Waals surface area (Å²) in [7, 11) is 0. The molecule has 0 bridgehead atoms. The largest absolute Gasteiger partial charge is 0.349 e. The number of nitrogens with one attached hydrogen (secondary N) is 2. The summed E-state index contributed by atoms with van der Waals surface area (Å²) < 4.78 is 38.3. The average Bonchev–Trinajstić information content (AvgIpc) is 3.26. The van der Waals surface area contributed by atoms with E-state index in [1.807, 2.05) is 0 Å². The third-order valence-electron chi connectivity index (χ3n) is 5.54. The second-order valence-corrected chi connectivity index (χ2v) is 10.2. The molecule has 2 aromatic carbocycles. The predicted molar refractivity (Wildman–Crippen MR) is 118 cm³/mol. The Morgan fingerprint density at radius 3 is 2.28 bits per heavy atom. The van der Waals surface area contributed by atoms with Crippen molar-refractivity contribution in [1.29, 1.82) is 0 Å². The zero-order chi connectivity index (χ0) is 23.4. The number of carbonyl (C=O) groups excluding carboxylic acids is 2. The minimum absolute atomic E-state index is 0.0230. The van der Waals surface area contributed by atoms with Crippen LogP contribution in [0.5, 0.6) is 0 Å². The molecule has 0 radical (unpaired) electrons. The molecule has 4 rings (SSSR count). The van der Waals surface area contributed by atoms with E-state index in [-0.39, 0.29) is 21.3 Å². The van der Waals surface area contributed by atoms with Crippen molar-refractivity contribution in [2.75, 3.05) is 5.32 Å². The highest BCUT2D eigenvalue weighted by atomic mass is 35.5. The van der Waals surface area contributed by atoms with Crippen LogP contribution < -0.4 is 10.6 Å². The van der Waals surface area contributed by atoms with Gasteiger partial charge in [0.05, 0.1) is 21.5 Å². The first-order valence-corrected chi connectivity index (χ1v) is 11.0. The van der Waals surface area contributed by atoms with Gasteiger partial charge in [0.1, 0.15) is 10.2 Å². The van der Waals surface area contributed by atoms with Gasteiger partial charge in [0.25, 0.3) is 11.8 Å². The van der Waals surface area contributed by atoms with Gasteiger partial charge in [-0.05, 0) is 35.9 Å². The Morgan fingerprint density at radius 2 is 1.66 bits per heavy atom. The Labute approximate surface area is 201 Å². The molecule has 170 valence electrons. The number of halogens is 7. The van der Waals surface area contributed by atoms with Crippen LogP contribution >= 0.6 is 46.4 Å².